The molecule has 74 valence electrons. The third kappa shape index (κ3) is 1.48. The molecule has 2 rings (SSSR count). The van der Waals surface area contributed by atoms with Gasteiger partial charge in [0.25, 0.3) is 0 Å². The van der Waals surface area contributed by atoms with Gasteiger partial charge in [-0.1, -0.05) is 0 Å². The van der Waals surface area contributed by atoms with E-state index in [9.17, 15) is 9.18 Å². The first-order chi connectivity index (χ1) is 6.68. The first kappa shape index (κ1) is 9.15. The maximum atomic E-state index is 12.9. The lowest BCUT2D eigenvalue weighted by molar-refractivity contribution is 0.0960. The van der Waals surface area contributed by atoms with Crippen molar-refractivity contribution >= 4 is 5.78 Å². The highest BCUT2D eigenvalue weighted by molar-refractivity contribution is 6.02. The summed E-state index contributed by atoms with van der Waals surface area (Å²) in [5.41, 5.74) is 5.84. The van der Waals surface area contributed by atoms with E-state index < -0.39 is 11.9 Å². The van der Waals surface area contributed by atoms with Crippen LogP contribution >= 0.6 is 0 Å². The Hall–Kier alpha value is -1.42. The molecule has 0 saturated carbocycles. The van der Waals surface area contributed by atoms with Crippen molar-refractivity contribution in [2.75, 3.05) is 6.61 Å². The summed E-state index contributed by atoms with van der Waals surface area (Å²) in [5.74, 6) is -0.281. The third-order valence-electron chi connectivity index (χ3n) is 2.23. The molecule has 0 bridgehead atoms. The Morgan fingerprint density at radius 3 is 3.07 bits per heavy atom. The van der Waals surface area contributed by atoms with Crippen LogP contribution in [-0.2, 0) is 0 Å². The molecular weight excluding hydrogens is 185 g/mol. The minimum Gasteiger partial charge on any atom is -0.493 e. The summed E-state index contributed by atoms with van der Waals surface area (Å²) in [7, 11) is 0. The number of carbonyl (C=O) groups excluding carboxylic acids is 1. The number of nitrogens with two attached hydrogens (primary N) is 1. The SMILES string of the molecule is N[C@H]1CCOc2ccc(F)cc2C1=O. The predicted molar refractivity (Wildman–Crippen MR) is 48.8 cm³/mol. The predicted octanol–water partition coefficient (Wildman–Crippen LogP) is 1.12. The molecule has 1 aromatic carbocycles. The van der Waals surface area contributed by atoms with E-state index in [0.29, 0.717) is 18.8 Å². The van der Waals surface area contributed by atoms with Gasteiger partial charge in [0.2, 0.25) is 0 Å². The van der Waals surface area contributed by atoms with Gasteiger partial charge in [-0.3, -0.25) is 4.79 Å². The van der Waals surface area contributed by atoms with E-state index in [4.69, 9.17) is 10.5 Å². The van der Waals surface area contributed by atoms with Gasteiger partial charge < -0.3 is 10.5 Å². The normalized spacial score (nSPS) is 21.0. The molecule has 0 spiro atoms. The van der Waals surface area contributed by atoms with E-state index in [1.807, 2.05) is 0 Å². The van der Waals surface area contributed by atoms with Gasteiger partial charge in [-0.15, -0.1) is 0 Å². The van der Waals surface area contributed by atoms with Crippen molar-refractivity contribution < 1.29 is 13.9 Å². The molecule has 1 aromatic rings. The topological polar surface area (TPSA) is 52.3 Å². The fraction of sp³-hybridized carbons (Fsp3) is 0.300. The number of halogens is 1. The van der Waals surface area contributed by atoms with E-state index in [1.54, 1.807) is 0 Å². The molecule has 0 unspecified atom stereocenters. The maximum absolute atomic E-state index is 12.9. The number of ketones is 1. The second kappa shape index (κ2) is 3.38. The van der Waals surface area contributed by atoms with Gasteiger partial charge in [0.1, 0.15) is 11.6 Å². The van der Waals surface area contributed by atoms with Gasteiger partial charge in [-0.05, 0) is 18.2 Å². The van der Waals surface area contributed by atoms with Crippen molar-refractivity contribution in [3.05, 3.63) is 29.6 Å². The summed E-state index contributed by atoms with van der Waals surface area (Å²) in [6, 6.07) is 3.31. The lowest BCUT2D eigenvalue weighted by Gasteiger charge is -2.05. The average Bonchev–Trinajstić information content (AvgIpc) is 2.30. The Morgan fingerprint density at radius 2 is 2.29 bits per heavy atom. The standard InChI is InChI=1S/C10H10FNO2/c11-6-1-2-9-7(5-6)10(13)8(12)3-4-14-9/h1-2,5,8H,3-4,12H2/t8-/m0/s1. The van der Waals surface area contributed by atoms with Crippen molar-refractivity contribution in [2.24, 2.45) is 5.73 Å². The number of carbonyl (C=O) groups is 1. The summed E-state index contributed by atoms with van der Waals surface area (Å²) in [5, 5.41) is 0. The van der Waals surface area contributed by atoms with Gasteiger partial charge >= 0.3 is 0 Å². The number of rotatable bonds is 0. The number of Topliss-reactive ketones (excluding diaryl/α,β-unsaturated/α-hetero) is 1. The Morgan fingerprint density at radius 1 is 1.50 bits per heavy atom. The van der Waals surface area contributed by atoms with E-state index >= 15 is 0 Å². The van der Waals surface area contributed by atoms with Gasteiger partial charge in [0, 0.05) is 6.42 Å². The van der Waals surface area contributed by atoms with Crippen LogP contribution in [-0.4, -0.2) is 18.4 Å². The fourth-order valence-electron chi connectivity index (χ4n) is 1.45. The van der Waals surface area contributed by atoms with E-state index in [-0.39, 0.29) is 11.3 Å². The summed E-state index contributed by atoms with van der Waals surface area (Å²) in [6.07, 6.45) is 0.467. The van der Waals surface area contributed by atoms with E-state index in [2.05, 4.69) is 0 Å². The van der Waals surface area contributed by atoms with Crippen LogP contribution < -0.4 is 10.5 Å². The highest BCUT2D eigenvalue weighted by atomic mass is 19.1. The highest BCUT2D eigenvalue weighted by Gasteiger charge is 2.23. The van der Waals surface area contributed by atoms with Crippen LogP contribution in [0.5, 0.6) is 5.75 Å². The number of hydrogen-bond donors (Lipinski definition) is 1. The van der Waals surface area contributed by atoms with E-state index in [1.165, 1.54) is 18.2 Å². The first-order valence-electron chi connectivity index (χ1n) is 4.40. The minimum absolute atomic E-state index is 0.245. The lowest BCUT2D eigenvalue weighted by atomic mass is 10.0. The highest BCUT2D eigenvalue weighted by Crippen LogP contribution is 2.24. The van der Waals surface area contributed by atoms with Gasteiger partial charge in [-0.25, -0.2) is 4.39 Å². The van der Waals surface area contributed by atoms with Crippen LogP contribution in [0.4, 0.5) is 4.39 Å². The molecule has 0 radical (unpaired) electrons. The molecule has 1 atom stereocenters. The van der Waals surface area contributed by atoms with Crippen molar-refractivity contribution in [1.82, 2.24) is 0 Å². The molecule has 4 heteroatoms. The molecule has 3 nitrogen and oxygen atoms in total. The quantitative estimate of drug-likeness (QED) is 0.674. The number of fused-ring (bicyclic) bond motifs is 1. The van der Waals surface area contributed by atoms with Crippen LogP contribution in [0.3, 0.4) is 0 Å². The molecule has 0 amide bonds. The van der Waals surface area contributed by atoms with Crippen LogP contribution in [0.2, 0.25) is 0 Å². The average molecular weight is 195 g/mol. The van der Waals surface area contributed by atoms with Crippen molar-refractivity contribution in [3.8, 4) is 5.75 Å². The zero-order valence-electron chi connectivity index (χ0n) is 7.50. The number of ether oxygens (including phenoxy) is 1. The molecule has 2 N–H and O–H groups in total. The zero-order chi connectivity index (χ0) is 10.1. The summed E-state index contributed by atoms with van der Waals surface area (Å²) >= 11 is 0. The lowest BCUT2D eigenvalue weighted by Crippen LogP contribution is -2.30. The van der Waals surface area contributed by atoms with Crippen LogP contribution in [0.25, 0.3) is 0 Å². The molecule has 14 heavy (non-hydrogen) atoms. The molecule has 0 aromatic heterocycles. The molecule has 0 aliphatic carbocycles. The first-order valence-corrected chi connectivity index (χ1v) is 4.40. The monoisotopic (exact) mass is 195 g/mol. The van der Waals surface area contributed by atoms with Crippen LogP contribution in [0, 0.1) is 5.82 Å². The second-order valence-electron chi connectivity index (χ2n) is 3.25. The molecule has 0 saturated heterocycles. The largest absolute Gasteiger partial charge is 0.493 e. The maximum Gasteiger partial charge on any atom is 0.183 e. The van der Waals surface area contributed by atoms with Gasteiger partial charge in [0.15, 0.2) is 5.78 Å². The molecule has 1 aliphatic heterocycles. The summed E-state index contributed by atoms with van der Waals surface area (Å²) in [4.78, 5) is 11.6. The van der Waals surface area contributed by atoms with Crippen molar-refractivity contribution in [2.45, 2.75) is 12.5 Å². The second-order valence-corrected chi connectivity index (χ2v) is 3.25. The van der Waals surface area contributed by atoms with E-state index in [0.717, 1.165) is 0 Å². The van der Waals surface area contributed by atoms with Crippen LogP contribution in [0.1, 0.15) is 16.8 Å². The third-order valence-corrected chi connectivity index (χ3v) is 2.23. The number of benzene rings is 1. The van der Waals surface area contributed by atoms with Crippen LogP contribution in [0.15, 0.2) is 18.2 Å². The number of hydrogen-bond acceptors (Lipinski definition) is 3. The molecule has 1 aliphatic rings. The smallest absolute Gasteiger partial charge is 0.183 e. The summed E-state index contributed by atoms with van der Waals surface area (Å²) < 4.78 is 18.2. The fourth-order valence-corrected chi connectivity index (χ4v) is 1.45. The Kier molecular flexibility index (Phi) is 2.21. The van der Waals surface area contributed by atoms with Gasteiger partial charge in [-0.2, -0.15) is 0 Å². The molecule has 0 fully saturated rings. The van der Waals surface area contributed by atoms with Crippen molar-refractivity contribution in [1.29, 1.82) is 0 Å². The molecule has 1 heterocycles. The zero-order valence-corrected chi connectivity index (χ0v) is 7.50. The molecular formula is C10H10FNO2. The Bertz CT molecular complexity index is 378. The van der Waals surface area contributed by atoms with Gasteiger partial charge in [0.05, 0.1) is 18.2 Å². The minimum atomic E-state index is -0.585. The van der Waals surface area contributed by atoms with Crippen molar-refractivity contribution in [3.63, 3.8) is 0 Å². The Labute approximate surface area is 80.7 Å². The summed E-state index contributed by atoms with van der Waals surface area (Å²) in [6.45, 7) is 0.394. The Balaban J connectivity index is 2.50.